The SMILES string of the molecule is O=Cc1cc(I)cc(-c2cccc(F)c2)c1. The first-order chi connectivity index (χ1) is 7.69. The average Bonchev–Trinajstić information content (AvgIpc) is 2.28. The van der Waals surface area contributed by atoms with E-state index in [9.17, 15) is 9.18 Å². The van der Waals surface area contributed by atoms with Gasteiger partial charge in [0, 0.05) is 9.13 Å². The van der Waals surface area contributed by atoms with Crippen LogP contribution in [0, 0.1) is 9.39 Å². The number of hydrogen-bond donors (Lipinski definition) is 0. The van der Waals surface area contributed by atoms with Crippen molar-refractivity contribution in [1.82, 2.24) is 0 Å². The third-order valence-corrected chi connectivity index (χ3v) is 2.84. The summed E-state index contributed by atoms with van der Waals surface area (Å²) in [7, 11) is 0. The smallest absolute Gasteiger partial charge is 0.150 e. The first-order valence-corrected chi connectivity index (χ1v) is 5.78. The minimum atomic E-state index is -0.274. The highest BCUT2D eigenvalue weighted by Gasteiger charge is 2.02. The van der Waals surface area contributed by atoms with Crippen LogP contribution in [0.4, 0.5) is 4.39 Å². The van der Waals surface area contributed by atoms with Crippen LogP contribution in [0.15, 0.2) is 42.5 Å². The summed E-state index contributed by atoms with van der Waals surface area (Å²) in [5.74, 6) is -0.274. The van der Waals surface area contributed by atoms with E-state index in [1.165, 1.54) is 12.1 Å². The summed E-state index contributed by atoms with van der Waals surface area (Å²) in [6.45, 7) is 0. The number of benzene rings is 2. The summed E-state index contributed by atoms with van der Waals surface area (Å²) < 4.78 is 14.0. The Morgan fingerprint density at radius 3 is 2.56 bits per heavy atom. The molecule has 0 atom stereocenters. The summed E-state index contributed by atoms with van der Waals surface area (Å²) in [6, 6.07) is 11.8. The number of aldehydes is 1. The number of hydrogen-bond acceptors (Lipinski definition) is 1. The highest BCUT2D eigenvalue weighted by molar-refractivity contribution is 14.1. The Morgan fingerprint density at radius 1 is 1.06 bits per heavy atom. The van der Waals surface area contributed by atoms with Crippen molar-refractivity contribution in [3.63, 3.8) is 0 Å². The summed E-state index contributed by atoms with van der Waals surface area (Å²) in [4.78, 5) is 10.7. The van der Waals surface area contributed by atoms with E-state index in [1.54, 1.807) is 18.2 Å². The molecule has 0 radical (unpaired) electrons. The van der Waals surface area contributed by atoms with E-state index in [2.05, 4.69) is 22.6 Å². The highest BCUT2D eigenvalue weighted by Crippen LogP contribution is 2.23. The molecule has 0 amide bonds. The van der Waals surface area contributed by atoms with Gasteiger partial charge < -0.3 is 0 Å². The molecule has 3 heteroatoms. The lowest BCUT2D eigenvalue weighted by Gasteiger charge is -2.04. The minimum Gasteiger partial charge on any atom is -0.298 e. The lowest BCUT2D eigenvalue weighted by molar-refractivity contribution is 0.112. The number of carbonyl (C=O) groups is 1. The third-order valence-electron chi connectivity index (χ3n) is 2.21. The molecule has 2 aromatic carbocycles. The molecule has 0 aromatic heterocycles. The van der Waals surface area contributed by atoms with Gasteiger partial charge in [-0.05, 0) is 64.0 Å². The standard InChI is InChI=1S/C13H8FIO/c14-12-3-1-2-10(6-12)11-4-9(8-16)5-13(15)7-11/h1-8H. The zero-order valence-corrected chi connectivity index (χ0v) is 10.4. The second kappa shape index (κ2) is 4.74. The van der Waals surface area contributed by atoms with Crippen molar-refractivity contribution in [1.29, 1.82) is 0 Å². The zero-order valence-electron chi connectivity index (χ0n) is 8.28. The van der Waals surface area contributed by atoms with Gasteiger partial charge in [0.25, 0.3) is 0 Å². The highest BCUT2D eigenvalue weighted by atomic mass is 127. The average molecular weight is 326 g/mol. The number of rotatable bonds is 2. The van der Waals surface area contributed by atoms with Crippen LogP contribution < -0.4 is 0 Å². The third kappa shape index (κ3) is 2.47. The van der Waals surface area contributed by atoms with Crippen molar-refractivity contribution in [2.75, 3.05) is 0 Å². The quantitative estimate of drug-likeness (QED) is 0.604. The van der Waals surface area contributed by atoms with E-state index < -0.39 is 0 Å². The van der Waals surface area contributed by atoms with Crippen molar-refractivity contribution in [2.45, 2.75) is 0 Å². The molecule has 0 saturated carbocycles. The van der Waals surface area contributed by atoms with Crippen LogP contribution in [0.5, 0.6) is 0 Å². The molecule has 1 nitrogen and oxygen atoms in total. The molecule has 0 bridgehead atoms. The van der Waals surface area contributed by atoms with Gasteiger partial charge >= 0.3 is 0 Å². The van der Waals surface area contributed by atoms with Crippen LogP contribution in [0.3, 0.4) is 0 Å². The van der Waals surface area contributed by atoms with Gasteiger partial charge in [-0.15, -0.1) is 0 Å². The molecule has 0 N–H and O–H groups in total. The zero-order chi connectivity index (χ0) is 11.5. The van der Waals surface area contributed by atoms with E-state index in [1.807, 2.05) is 12.1 Å². The normalized spacial score (nSPS) is 10.1. The van der Waals surface area contributed by atoms with Crippen LogP contribution in [-0.2, 0) is 0 Å². The Balaban J connectivity index is 2.55. The van der Waals surface area contributed by atoms with Crippen LogP contribution in [0.25, 0.3) is 11.1 Å². The fraction of sp³-hybridized carbons (Fsp3) is 0. The van der Waals surface area contributed by atoms with Crippen LogP contribution in [-0.4, -0.2) is 6.29 Å². The van der Waals surface area contributed by atoms with E-state index in [0.29, 0.717) is 5.56 Å². The maximum atomic E-state index is 13.1. The second-order valence-corrected chi connectivity index (χ2v) is 4.65. The fourth-order valence-corrected chi connectivity index (χ4v) is 2.21. The fourth-order valence-electron chi connectivity index (χ4n) is 1.52. The van der Waals surface area contributed by atoms with Gasteiger partial charge in [-0.1, -0.05) is 12.1 Å². The molecular weight excluding hydrogens is 318 g/mol. The molecule has 0 heterocycles. The summed E-state index contributed by atoms with van der Waals surface area (Å²) in [6.07, 6.45) is 0.797. The molecule has 0 aliphatic carbocycles. The molecule has 2 aromatic rings. The molecular formula is C13H8FIO. The van der Waals surface area contributed by atoms with E-state index in [0.717, 1.165) is 21.0 Å². The molecule has 0 fully saturated rings. The van der Waals surface area contributed by atoms with Crippen molar-refractivity contribution in [2.24, 2.45) is 0 Å². The predicted octanol–water partition coefficient (Wildman–Crippen LogP) is 3.91. The molecule has 0 saturated heterocycles. The van der Waals surface area contributed by atoms with Crippen molar-refractivity contribution in [3.05, 3.63) is 57.4 Å². The van der Waals surface area contributed by atoms with Crippen molar-refractivity contribution < 1.29 is 9.18 Å². The summed E-state index contributed by atoms with van der Waals surface area (Å²) in [5, 5.41) is 0. The molecule has 16 heavy (non-hydrogen) atoms. The van der Waals surface area contributed by atoms with Gasteiger partial charge in [0.2, 0.25) is 0 Å². The topological polar surface area (TPSA) is 17.1 Å². The molecule has 2 rings (SSSR count). The van der Waals surface area contributed by atoms with Gasteiger partial charge in [0.15, 0.2) is 0 Å². The second-order valence-electron chi connectivity index (χ2n) is 3.40. The first-order valence-electron chi connectivity index (χ1n) is 4.71. The van der Waals surface area contributed by atoms with Gasteiger partial charge in [-0.3, -0.25) is 4.79 Å². The van der Waals surface area contributed by atoms with Crippen LogP contribution >= 0.6 is 22.6 Å². The Hall–Kier alpha value is -1.23. The lowest BCUT2D eigenvalue weighted by Crippen LogP contribution is -1.86. The van der Waals surface area contributed by atoms with E-state index in [-0.39, 0.29) is 5.82 Å². The molecule has 80 valence electrons. The predicted molar refractivity (Wildman–Crippen MR) is 69.9 cm³/mol. The number of halogens is 2. The maximum absolute atomic E-state index is 13.1. The van der Waals surface area contributed by atoms with Crippen molar-refractivity contribution in [3.8, 4) is 11.1 Å². The molecule has 0 spiro atoms. The van der Waals surface area contributed by atoms with Crippen LogP contribution in [0.1, 0.15) is 10.4 Å². The minimum absolute atomic E-state index is 0.274. The molecule has 0 unspecified atom stereocenters. The van der Waals surface area contributed by atoms with Gasteiger partial charge in [0.05, 0.1) is 0 Å². The lowest BCUT2D eigenvalue weighted by atomic mass is 10.0. The first kappa shape index (κ1) is 11.3. The Labute approximate surface area is 106 Å². The maximum Gasteiger partial charge on any atom is 0.150 e. The van der Waals surface area contributed by atoms with Gasteiger partial charge in [-0.2, -0.15) is 0 Å². The molecule has 0 aliphatic rings. The Bertz CT molecular complexity index is 537. The monoisotopic (exact) mass is 326 g/mol. The Morgan fingerprint density at radius 2 is 1.88 bits per heavy atom. The van der Waals surface area contributed by atoms with E-state index >= 15 is 0 Å². The Kier molecular flexibility index (Phi) is 3.33. The van der Waals surface area contributed by atoms with Gasteiger partial charge in [-0.25, -0.2) is 4.39 Å². The van der Waals surface area contributed by atoms with E-state index in [4.69, 9.17) is 0 Å². The summed E-state index contributed by atoms with van der Waals surface area (Å²) in [5.41, 5.74) is 2.24. The van der Waals surface area contributed by atoms with Gasteiger partial charge in [0.1, 0.15) is 12.1 Å². The molecule has 0 aliphatic heterocycles. The van der Waals surface area contributed by atoms with Crippen molar-refractivity contribution >= 4 is 28.9 Å². The summed E-state index contributed by atoms with van der Waals surface area (Å²) >= 11 is 2.14. The number of carbonyl (C=O) groups excluding carboxylic acids is 1. The largest absolute Gasteiger partial charge is 0.298 e. The van der Waals surface area contributed by atoms with Crippen LogP contribution in [0.2, 0.25) is 0 Å².